The van der Waals surface area contributed by atoms with Crippen LogP contribution in [-0.2, 0) is 4.79 Å². The monoisotopic (exact) mass is 352 g/mol. The largest absolute Gasteiger partial charge is 0.299 e. The molecule has 0 aliphatic carbocycles. The van der Waals surface area contributed by atoms with E-state index >= 15 is 0 Å². The van der Waals surface area contributed by atoms with E-state index < -0.39 is 0 Å². The van der Waals surface area contributed by atoms with Gasteiger partial charge in [0.1, 0.15) is 5.78 Å². The van der Waals surface area contributed by atoms with Crippen molar-refractivity contribution >= 4 is 5.78 Å². The zero-order valence-corrected chi connectivity index (χ0v) is 18.3. The molecule has 25 heavy (non-hydrogen) atoms. The maximum atomic E-state index is 12.4. The number of carbonyl (C=O) groups is 1. The number of hydrogen-bond donors (Lipinski definition) is 0. The van der Waals surface area contributed by atoms with Gasteiger partial charge in [0.05, 0.1) is 0 Å². The molecule has 1 unspecified atom stereocenters. The second-order valence-electron chi connectivity index (χ2n) is 8.82. The molecule has 0 spiro atoms. The van der Waals surface area contributed by atoms with Crippen LogP contribution in [0.3, 0.4) is 0 Å². The fraction of sp³-hybridized carbons (Fsp3) is 0.958. The van der Waals surface area contributed by atoms with E-state index in [0.717, 1.165) is 19.3 Å². The third-order valence-corrected chi connectivity index (χ3v) is 5.81. The van der Waals surface area contributed by atoms with Crippen molar-refractivity contribution in [1.82, 2.24) is 0 Å². The van der Waals surface area contributed by atoms with Gasteiger partial charge in [-0.25, -0.2) is 0 Å². The smallest absolute Gasteiger partial charge is 0.135 e. The maximum absolute atomic E-state index is 12.4. The van der Waals surface area contributed by atoms with Gasteiger partial charge in [-0.05, 0) is 32.1 Å². The van der Waals surface area contributed by atoms with Gasteiger partial charge >= 0.3 is 0 Å². The van der Waals surface area contributed by atoms with E-state index in [1.165, 1.54) is 83.5 Å². The van der Waals surface area contributed by atoms with Crippen molar-refractivity contribution in [2.45, 2.75) is 137 Å². The van der Waals surface area contributed by atoms with Crippen LogP contribution in [0.5, 0.6) is 0 Å². The number of hydrogen-bond acceptors (Lipinski definition) is 1. The first-order chi connectivity index (χ1) is 12.0. The Morgan fingerprint density at radius 1 is 0.680 bits per heavy atom. The highest BCUT2D eigenvalue weighted by Gasteiger charge is 2.34. The first-order valence-electron chi connectivity index (χ1n) is 11.5. The van der Waals surface area contributed by atoms with Crippen LogP contribution in [0.1, 0.15) is 137 Å². The van der Waals surface area contributed by atoms with E-state index in [4.69, 9.17) is 0 Å². The average molecular weight is 353 g/mol. The molecule has 0 aromatic carbocycles. The Bertz CT molecular complexity index is 307. The molecular weight excluding hydrogens is 304 g/mol. The highest BCUT2D eigenvalue weighted by molar-refractivity contribution is 5.82. The minimum absolute atomic E-state index is 0.0244. The van der Waals surface area contributed by atoms with Crippen LogP contribution >= 0.6 is 0 Å². The summed E-state index contributed by atoms with van der Waals surface area (Å²) in [5, 5.41) is 0. The Morgan fingerprint density at radius 2 is 1.08 bits per heavy atom. The molecule has 0 saturated carbocycles. The molecule has 0 amide bonds. The zero-order chi connectivity index (χ0) is 19.0. The van der Waals surface area contributed by atoms with Gasteiger partial charge in [0.2, 0.25) is 0 Å². The van der Waals surface area contributed by atoms with E-state index in [9.17, 15) is 4.79 Å². The molecule has 0 saturated heterocycles. The third kappa shape index (κ3) is 12.6. The molecule has 0 rings (SSSR count). The van der Waals surface area contributed by atoms with E-state index in [1.807, 2.05) is 6.92 Å². The lowest BCUT2D eigenvalue weighted by Crippen LogP contribution is -2.31. The molecule has 150 valence electrons. The molecule has 0 aliphatic rings. The van der Waals surface area contributed by atoms with Gasteiger partial charge in [-0.15, -0.1) is 0 Å². The number of ketones is 1. The van der Waals surface area contributed by atoms with E-state index in [2.05, 4.69) is 27.7 Å². The fourth-order valence-corrected chi connectivity index (χ4v) is 4.25. The van der Waals surface area contributed by atoms with Crippen LogP contribution in [0.2, 0.25) is 0 Å². The normalized spacial score (nSPS) is 14.0. The van der Waals surface area contributed by atoms with E-state index in [-0.39, 0.29) is 5.41 Å². The number of Topliss-reactive ketones (excluding diaryl/α,β-unsaturated/α-hetero) is 1. The molecular formula is C24H48O. The van der Waals surface area contributed by atoms with Gasteiger partial charge in [-0.1, -0.05) is 111 Å². The summed E-state index contributed by atoms with van der Waals surface area (Å²) in [4.78, 5) is 12.4. The SMILES string of the molecule is CCCCCCCCCCCCCC(CCCC)(CC(C)C)C(C)=O. The lowest BCUT2D eigenvalue weighted by molar-refractivity contribution is -0.128. The summed E-state index contributed by atoms with van der Waals surface area (Å²) < 4.78 is 0. The zero-order valence-electron chi connectivity index (χ0n) is 18.3. The summed E-state index contributed by atoms with van der Waals surface area (Å²) in [6.45, 7) is 10.9. The lowest BCUT2D eigenvalue weighted by Gasteiger charge is -2.33. The Labute approximate surface area is 159 Å². The van der Waals surface area contributed by atoms with Crippen molar-refractivity contribution in [1.29, 1.82) is 0 Å². The molecule has 0 fully saturated rings. The van der Waals surface area contributed by atoms with Crippen molar-refractivity contribution < 1.29 is 4.79 Å². The molecule has 0 aromatic rings. The minimum Gasteiger partial charge on any atom is -0.299 e. The highest BCUT2D eigenvalue weighted by atomic mass is 16.1. The van der Waals surface area contributed by atoms with Crippen LogP contribution in [-0.4, -0.2) is 5.78 Å². The van der Waals surface area contributed by atoms with E-state index in [1.54, 1.807) is 0 Å². The van der Waals surface area contributed by atoms with Gasteiger partial charge in [0.15, 0.2) is 0 Å². The Balaban J connectivity index is 3.95. The Morgan fingerprint density at radius 3 is 1.48 bits per heavy atom. The van der Waals surface area contributed by atoms with Gasteiger partial charge in [-0.3, -0.25) is 4.79 Å². The van der Waals surface area contributed by atoms with Crippen molar-refractivity contribution in [2.75, 3.05) is 0 Å². The van der Waals surface area contributed by atoms with Gasteiger partial charge in [0, 0.05) is 5.41 Å². The molecule has 1 atom stereocenters. The van der Waals surface area contributed by atoms with Gasteiger partial charge < -0.3 is 0 Å². The lowest BCUT2D eigenvalue weighted by atomic mass is 9.70. The highest BCUT2D eigenvalue weighted by Crippen LogP contribution is 2.38. The number of rotatable bonds is 18. The summed E-state index contributed by atoms with van der Waals surface area (Å²) in [7, 11) is 0. The minimum atomic E-state index is -0.0244. The molecule has 1 heteroatoms. The Kier molecular flexibility index (Phi) is 15.7. The molecule has 0 heterocycles. The molecule has 0 radical (unpaired) electrons. The first kappa shape index (κ1) is 24.7. The van der Waals surface area contributed by atoms with Crippen molar-refractivity contribution in [3.8, 4) is 0 Å². The predicted octanol–water partition coefficient (Wildman–Crippen LogP) is 8.50. The molecule has 0 aliphatic heterocycles. The molecule has 1 nitrogen and oxygen atoms in total. The standard InChI is InChI=1S/C24H48O/c1-6-8-10-11-12-13-14-15-16-17-18-20-24(23(5)25,19-9-7-2)21-22(3)4/h22H,6-21H2,1-5H3. The average Bonchev–Trinajstić information content (AvgIpc) is 2.56. The number of unbranched alkanes of at least 4 members (excludes halogenated alkanes) is 11. The second kappa shape index (κ2) is 15.9. The third-order valence-electron chi connectivity index (χ3n) is 5.81. The fourth-order valence-electron chi connectivity index (χ4n) is 4.25. The predicted molar refractivity (Wildman–Crippen MR) is 113 cm³/mol. The van der Waals surface area contributed by atoms with E-state index in [0.29, 0.717) is 11.7 Å². The van der Waals surface area contributed by atoms with Crippen LogP contribution in [0, 0.1) is 11.3 Å². The maximum Gasteiger partial charge on any atom is 0.135 e. The summed E-state index contributed by atoms with van der Waals surface area (Å²) >= 11 is 0. The topological polar surface area (TPSA) is 17.1 Å². The van der Waals surface area contributed by atoms with Crippen molar-refractivity contribution in [3.63, 3.8) is 0 Å². The summed E-state index contributed by atoms with van der Waals surface area (Å²) in [6.07, 6.45) is 20.9. The first-order valence-corrected chi connectivity index (χ1v) is 11.5. The van der Waals surface area contributed by atoms with Crippen LogP contribution in [0.25, 0.3) is 0 Å². The van der Waals surface area contributed by atoms with Crippen LogP contribution in [0.15, 0.2) is 0 Å². The summed E-state index contributed by atoms with van der Waals surface area (Å²) in [5.74, 6) is 1.06. The van der Waals surface area contributed by atoms with Crippen molar-refractivity contribution in [3.05, 3.63) is 0 Å². The molecule has 0 N–H and O–H groups in total. The van der Waals surface area contributed by atoms with Crippen LogP contribution < -0.4 is 0 Å². The summed E-state index contributed by atoms with van der Waals surface area (Å²) in [6, 6.07) is 0. The van der Waals surface area contributed by atoms with Gasteiger partial charge in [0.25, 0.3) is 0 Å². The van der Waals surface area contributed by atoms with Gasteiger partial charge in [-0.2, -0.15) is 0 Å². The van der Waals surface area contributed by atoms with Crippen molar-refractivity contribution in [2.24, 2.45) is 11.3 Å². The molecule has 0 aromatic heterocycles. The van der Waals surface area contributed by atoms with Crippen LogP contribution in [0.4, 0.5) is 0 Å². The molecule has 0 bridgehead atoms. The quantitative estimate of drug-likeness (QED) is 0.226. The number of carbonyl (C=O) groups excluding carboxylic acids is 1. The summed E-state index contributed by atoms with van der Waals surface area (Å²) in [5.41, 5.74) is -0.0244. The Hall–Kier alpha value is -0.330. The second-order valence-corrected chi connectivity index (χ2v) is 8.82.